The van der Waals surface area contributed by atoms with E-state index in [9.17, 15) is 0 Å². The van der Waals surface area contributed by atoms with E-state index in [1.54, 1.807) is 24.3 Å². The third-order valence-electron chi connectivity index (χ3n) is 5.00. The molecule has 0 aliphatic heterocycles. The van der Waals surface area contributed by atoms with Crippen LogP contribution in [0.2, 0.25) is 10.0 Å². The summed E-state index contributed by atoms with van der Waals surface area (Å²) in [6, 6.07) is 30.2. The highest BCUT2D eigenvalue weighted by molar-refractivity contribution is 9.10. The van der Waals surface area contributed by atoms with Gasteiger partial charge in [0.15, 0.2) is 0 Å². The fourth-order valence-corrected chi connectivity index (χ4v) is 3.92. The van der Waals surface area contributed by atoms with Crippen LogP contribution in [-0.4, -0.2) is 40.6 Å². The van der Waals surface area contributed by atoms with Gasteiger partial charge in [-0.3, -0.25) is 0 Å². The topological polar surface area (TPSA) is 80.9 Å². The van der Waals surface area contributed by atoms with Gasteiger partial charge in [-0.2, -0.15) is 0 Å². The van der Waals surface area contributed by atoms with E-state index in [1.165, 1.54) is 0 Å². The van der Waals surface area contributed by atoms with Gasteiger partial charge in [-0.15, -0.1) is 0 Å². The van der Waals surface area contributed by atoms with Gasteiger partial charge in [0.05, 0.1) is 5.02 Å². The van der Waals surface area contributed by atoms with Crippen molar-refractivity contribution in [2.24, 2.45) is 0 Å². The molecular weight excluding hydrogens is 562 g/mol. The van der Waals surface area contributed by atoms with Crippen molar-refractivity contribution in [3.05, 3.63) is 123 Å². The molecule has 188 valence electrons. The van der Waals surface area contributed by atoms with Gasteiger partial charge in [0.1, 0.15) is 0 Å². The molecule has 0 spiro atoms. The fraction of sp³-hybridized carbons (Fsp3) is 0.143. The molecule has 36 heavy (non-hydrogen) atoms. The van der Waals surface area contributed by atoms with E-state index in [2.05, 4.69) is 15.9 Å². The highest BCUT2D eigenvalue weighted by atomic mass is 79.9. The predicted octanol–water partition coefficient (Wildman–Crippen LogP) is 5.55. The van der Waals surface area contributed by atoms with Crippen molar-refractivity contribution in [2.45, 2.75) is 12.8 Å². The maximum absolute atomic E-state index is 8.92. The zero-order valence-corrected chi connectivity index (χ0v) is 22.7. The molecule has 4 nitrogen and oxygen atoms in total. The molecule has 0 heterocycles. The summed E-state index contributed by atoms with van der Waals surface area (Å²) in [6.07, 6.45) is 1.34. The molecule has 0 amide bonds. The van der Waals surface area contributed by atoms with Crippen LogP contribution in [0.25, 0.3) is 11.1 Å². The van der Waals surface area contributed by atoms with E-state index in [0.29, 0.717) is 23.3 Å². The summed E-state index contributed by atoms with van der Waals surface area (Å²) in [5.41, 5.74) is 4.84. The van der Waals surface area contributed by atoms with E-state index in [0.717, 1.165) is 31.7 Å². The van der Waals surface area contributed by atoms with Gasteiger partial charge in [0.2, 0.25) is 0 Å². The largest absolute Gasteiger partial charge is 0.488 e. The Morgan fingerprint density at radius 3 is 1.61 bits per heavy atom. The maximum Gasteiger partial charge on any atom is 0.488 e. The number of aliphatic hydroxyl groups excluding tert-OH is 2. The Hall–Kier alpha value is -2.16. The van der Waals surface area contributed by atoms with Crippen LogP contribution in [0.4, 0.5) is 0 Å². The summed E-state index contributed by atoms with van der Waals surface area (Å²) in [6.45, 7) is 0.337. The summed E-state index contributed by atoms with van der Waals surface area (Å²) >= 11 is 15.2. The zero-order valence-electron chi connectivity index (χ0n) is 19.6. The number of hydrogen-bond donors (Lipinski definition) is 4. The predicted molar refractivity (Wildman–Crippen MR) is 154 cm³/mol. The SMILES string of the molecule is OB(O)c1ccccc1.OCCc1ccc(Cl)c(-c2ccccc2)c1.OCCc1ccc(Cl)c(Br)c1. The minimum atomic E-state index is -1.34. The normalized spacial score (nSPS) is 9.97. The molecule has 0 aromatic heterocycles. The Balaban J connectivity index is 0.000000200. The number of aliphatic hydroxyl groups is 2. The molecule has 0 radical (unpaired) electrons. The molecule has 0 bridgehead atoms. The average Bonchev–Trinajstić information content (AvgIpc) is 2.89. The molecule has 4 N–H and O–H groups in total. The molecule has 8 heteroatoms. The van der Waals surface area contributed by atoms with Crippen molar-refractivity contribution >= 4 is 51.7 Å². The first kappa shape index (κ1) is 30.1. The van der Waals surface area contributed by atoms with Crippen LogP contribution in [0.1, 0.15) is 11.1 Å². The average molecular weight is 590 g/mol. The molecule has 0 saturated carbocycles. The molecule has 4 aromatic carbocycles. The quantitative estimate of drug-likeness (QED) is 0.223. The van der Waals surface area contributed by atoms with Crippen molar-refractivity contribution in [2.75, 3.05) is 13.2 Å². The van der Waals surface area contributed by atoms with Gasteiger partial charge in [-0.05, 0) is 75.2 Å². The second-order valence-electron chi connectivity index (χ2n) is 7.66. The maximum atomic E-state index is 8.92. The van der Waals surface area contributed by atoms with E-state index < -0.39 is 7.12 Å². The first-order valence-corrected chi connectivity index (χ1v) is 12.8. The summed E-state index contributed by atoms with van der Waals surface area (Å²) in [7, 11) is -1.34. The molecule has 0 aliphatic rings. The van der Waals surface area contributed by atoms with Crippen LogP contribution < -0.4 is 5.46 Å². The van der Waals surface area contributed by atoms with Gasteiger partial charge in [0, 0.05) is 28.3 Å². The van der Waals surface area contributed by atoms with Gasteiger partial charge in [-0.25, -0.2) is 0 Å². The van der Waals surface area contributed by atoms with E-state index in [1.807, 2.05) is 72.8 Å². The third kappa shape index (κ3) is 10.5. The minimum Gasteiger partial charge on any atom is -0.423 e. The zero-order chi connectivity index (χ0) is 26.3. The molecule has 0 saturated heterocycles. The fourth-order valence-electron chi connectivity index (χ4n) is 3.15. The first-order chi connectivity index (χ1) is 17.3. The van der Waals surface area contributed by atoms with E-state index >= 15 is 0 Å². The Kier molecular flexibility index (Phi) is 13.8. The molecular formula is C28H28BBrCl2O4. The van der Waals surface area contributed by atoms with Crippen LogP contribution >= 0.6 is 39.1 Å². The van der Waals surface area contributed by atoms with E-state index in [-0.39, 0.29) is 13.2 Å². The second kappa shape index (κ2) is 16.6. The molecule has 0 atom stereocenters. The molecule has 4 rings (SSSR count). The monoisotopic (exact) mass is 588 g/mol. The Labute approximate surface area is 231 Å². The summed E-state index contributed by atoms with van der Waals surface area (Å²) in [5.74, 6) is 0. The lowest BCUT2D eigenvalue weighted by Crippen LogP contribution is -2.29. The number of halogens is 3. The van der Waals surface area contributed by atoms with Gasteiger partial charge in [-0.1, -0.05) is 96.0 Å². The summed E-state index contributed by atoms with van der Waals surface area (Å²) < 4.78 is 0.880. The molecule has 0 unspecified atom stereocenters. The third-order valence-corrected chi connectivity index (χ3v) is 6.54. The number of rotatable bonds is 6. The van der Waals surface area contributed by atoms with Crippen LogP contribution in [0.5, 0.6) is 0 Å². The Morgan fingerprint density at radius 1 is 0.639 bits per heavy atom. The van der Waals surface area contributed by atoms with Crippen molar-refractivity contribution in [1.82, 2.24) is 0 Å². The van der Waals surface area contributed by atoms with Gasteiger partial charge >= 0.3 is 7.12 Å². The van der Waals surface area contributed by atoms with Crippen molar-refractivity contribution < 1.29 is 20.3 Å². The summed E-state index contributed by atoms with van der Waals surface area (Å²) in [4.78, 5) is 0. The lowest BCUT2D eigenvalue weighted by Gasteiger charge is -2.07. The first-order valence-electron chi connectivity index (χ1n) is 11.3. The van der Waals surface area contributed by atoms with Crippen LogP contribution in [0.3, 0.4) is 0 Å². The van der Waals surface area contributed by atoms with Gasteiger partial charge in [0.25, 0.3) is 0 Å². The Bertz CT molecular complexity index is 1180. The summed E-state index contributed by atoms with van der Waals surface area (Å²) in [5, 5.41) is 36.2. The number of benzene rings is 4. The van der Waals surface area contributed by atoms with Crippen molar-refractivity contribution in [1.29, 1.82) is 0 Å². The highest BCUT2D eigenvalue weighted by Crippen LogP contribution is 2.28. The molecule has 4 aromatic rings. The standard InChI is InChI=1S/C14H13ClO.C8H8BrClO.C6H7BO2/c15-14-7-6-11(8-9-16)10-13(14)12-4-2-1-3-5-12;9-7-5-6(3-4-11)1-2-8(7)10;8-7(9)6-4-2-1-3-5-6/h1-7,10,16H,8-9H2;1-2,5,11H,3-4H2;1-5,8-9H. The van der Waals surface area contributed by atoms with Crippen molar-refractivity contribution in [3.63, 3.8) is 0 Å². The van der Waals surface area contributed by atoms with Crippen LogP contribution in [-0.2, 0) is 12.8 Å². The lowest BCUT2D eigenvalue weighted by atomic mass is 9.81. The number of hydrogen-bond acceptors (Lipinski definition) is 4. The van der Waals surface area contributed by atoms with Crippen molar-refractivity contribution in [3.8, 4) is 11.1 Å². The van der Waals surface area contributed by atoms with Gasteiger partial charge < -0.3 is 20.3 Å². The smallest absolute Gasteiger partial charge is 0.423 e. The van der Waals surface area contributed by atoms with E-state index in [4.69, 9.17) is 43.5 Å². The molecule has 0 fully saturated rings. The lowest BCUT2D eigenvalue weighted by molar-refractivity contribution is 0.299. The van der Waals surface area contributed by atoms with Crippen LogP contribution in [0, 0.1) is 0 Å². The second-order valence-corrected chi connectivity index (χ2v) is 9.33. The molecule has 0 aliphatic carbocycles. The van der Waals surface area contributed by atoms with Crippen LogP contribution in [0.15, 0.2) is 102 Å². The highest BCUT2D eigenvalue weighted by Gasteiger charge is 2.07. The Morgan fingerprint density at radius 2 is 1.14 bits per heavy atom. The minimum absolute atomic E-state index is 0.163.